The molecule has 0 saturated carbocycles. The highest BCUT2D eigenvalue weighted by Crippen LogP contribution is 2.32. The maximum Gasteiger partial charge on any atom is 0.267 e. The van der Waals surface area contributed by atoms with E-state index in [0.29, 0.717) is 12.1 Å². The van der Waals surface area contributed by atoms with Crippen molar-refractivity contribution in [3.05, 3.63) is 34.9 Å². The van der Waals surface area contributed by atoms with Crippen molar-refractivity contribution in [2.45, 2.75) is 58.4 Å². The molecule has 0 radical (unpaired) electrons. The van der Waals surface area contributed by atoms with Crippen LogP contribution in [0.3, 0.4) is 0 Å². The highest BCUT2D eigenvalue weighted by molar-refractivity contribution is 6.39. The number of hydrogen-bond acceptors (Lipinski definition) is 3. The number of hydrogen-bond donors (Lipinski definition) is 1. The van der Waals surface area contributed by atoms with Crippen molar-refractivity contribution in [3.63, 3.8) is 0 Å². The summed E-state index contributed by atoms with van der Waals surface area (Å²) in [7, 11) is 0. The third-order valence-electron chi connectivity index (χ3n) is 4.30. The van der Waals surface area contributed by atoms with Gasteiger partial charge in [0.1, 0.15) is 5.71 Å². The Labute approximate surface area is 150 Å². The van der Waals surface area contributed by atoms with Crippen molar-refractivity contribution < 1.29 is 4.79 Å². The molecule has 1 aromatic carbocycles. The maximum atomic E-state index is 12.4. The summed E-state index contributed by atoms with van der Waals surface area (Å²) >= 11 is 6.14. The fourth-order valence-electron chi connectivity index (χ4n) is 2.90. The Hall–Kier alpha value is -1.55. The molecule has 1 aliphatic rings. The second kappa shape index (κ2) is 9.67. The average molecular weight is 350 g/mol. The van der Waals surface area contributed by atoms with Crippen LogP contribution in [0, 0.1) is 0 Å². The third-order valence-corrected chi connectivity index (χ3v) is 4.53. The summed E-state index contributed by atoms with van der Waals surface area (Å²) in [6.07, 6.45) is 6.12. The zero-order valence-corrected chi connectivity index (χ0v) is 15.5. The van der Waals surface area contributed by atoms with Crippen molar-refractivity contribution in [2.24, 2.45) is 5.10 Å². The summed E-state index contributed by atoms with van der Waals surface area (Å²) in [5.41, 5.74) is 1.75. The Morgan fingerprint density at radius 2 is 2.08 bits per heavy atom. The SMILES string of the molecule is CCCCCNC(=O)C1=NN(CCCC)C(c2cccc(Cl)c2)C1. The van der Waals surface area contributed by atoms with E-state index in [4.69, 9.17) is 11.6 Å². The van der Waals surface area contributed by atoms with E-state index in [2.05, 4.69) is 35.3 Å². The monoisotopic (exact) mass is 349 g/mol. The van der Waals surface area contributed by atoms with E-state index in [-0.39, 0.29) is 11.9 Å². The Balaban J connectivity index is 2.03. The molecule has 24 heavy (non-hydrogen) atoms. The summed E-state index contributed by atoms with van der Waals surface area (Å²) < 4.78 is 0. The predicted molar refractivity (Wildman–Crippen MR) is 100 cm³/mol. The van der Waals surface area contributed by atoms with Crippen LogP contribution in [0.25, 0.3) is 0 Å². The van der Waals surface area contributed by atoms with Gasteiger partial charge in [-0.3, -0.25) is 9.80 Å². The minimum atomic E-state index is -0.0304. The molecule has 1 amide bonds. The van der Waals surface area contributed by atoms with E-state index in [1.165, 1.54) is 0 Å². The van der Waals surface area contributed by atoms with Crippen LogP contribution in [-0.2, 0) is 4.79 Å². The first kappa shape index (κ1) is 18.8. The number of carbonyl (C=O) groups is 1. The lowest BCUT2D eigenvalue weighted by atomic mass is 10.0. The van der Waals surface area contributed by atoms with Gasteiger partial charge in [-0.2, -0.15) is 5.10 Å². The number of unbranched alkanes of at least 4 members (excludes halogenated alkanes) is 3. The van der Waals surface area contributed by atoms with Crippen molar-refractivity contribution in [2.75, 3.05) is 13.1 Å². The second-order valence-electron chi connectivity index (χ2n) is 6.30. The van der Waals surface area contributed by atoms with Crippen LogP contribution < -0.4 is 5.32 Å². The molecule has 1 aromatic rings. The molecule has 4 nitrogen and oxygen atoms in total. The molecule has 0 bridgehead atoms. The van der Waals surface area contributed by atoms with Crippen molar-refractivity contribution >= 4 is 23.2 Å². The van der Waals surface area contributed by atoms with Crippen molar-refractivity contribution in [1.29, 1.82) is 0 Å². The molecule has 2 rings (SSSR count). The summed E-state index contributed by atoms with van der Waals surface area (Å²) in [6, 6.07) is 7.97. The van der Waals surface area contributed by atoms with Gasteiger partial charge in [0.05, 0.1) is 6.04 Å². The standard InChI is InChI=1S/C19H28ClN3O/c1-3-5-7-11-21-19(24)17-14-18(23(22-17)12-6-4-2)15-9-8-10-16(20)13-15/h8-10,13,18H,3-7,11-12,14H2,1-2H3,(H,21,24). The molecule has 0 spiro atoms. The second-order valence-corrected chi connectivity index (χ2v) is 6.74. The van der Waals surface area contributed by atoms with Gasteiger partial charge in [0.15, 0.2) is 0 Å². The van der Waals surface area contributed by atoms with E-state index in [0.717, 1.165) is 55.8 Å². The molecule has 0 fully saturated rings. The first-order valence-electron chi connectivity index (χ1n) is 9.03. The topological polar surface area (TPSA) is 44.7 Å². The van der Waals surface area contributed by atoms with Crippen LogP contribution in [0.4, 0.5) is 0 Å². The van der Waals surface area contributed by atoms with E-state index in [1.54, 1.807) is 0 Å². The van der Waals surface area contributed by atoms with Crippen molar-refractivity contribution in [1.82, 2.24) is 10.3 Å². The van der Waals surface area contributed by atoms with E-state index < -0.39 is 0 Å². The smallest absolute Gasteiger partial charge is 0.267 e. The molecule has 1 N–H and O–H groups in total. The molecule has 0 saturated heterocycles. The van der Waals surface area contributed by atoms with Gasteiger partial charge in [-0.1, -0.05) is 56.8 Å². The van der Waals surface area contributed by atoms with Crippen molar-refractivity contribution in [3.8, 4) is 0 Å². The number of benzene rings is 1. The largest absolute Gasteiger partial charge is 0.351 e. The van der Waals surface area contributed by atoms with Crippen LogP contribution in [0.2, 0.25) is 5.02 Å². The van der Waals surface area contributed by atoms with Gasteiger partial charge < -0.3 is 5.32 Å². The van der Waals surface area contributed by atoms with Gasteiger partial charge in [-0.05, 0) is 30.5 Å². The molecule has 0 aliphatic carbocycles. The van der Waals surface area contributed by atoms with Gasteiger partial charge in [0.2, 0.25) is 0 Å². The molecule has 1 heterocycles. The number of nitrogens with zero attached hydrogens (tertiary/aromatic N) is 2. The van der Waals surface area contributed by atoms with Crippen LogP contribution in [0.5, 0.6) is 0 Å². The first-order valence-corrected chi connectivity index (χ1v) is 9.41. The molecule has 1 unspecified atom stereocenters. The fraction of sp³-hybridized carbons (Fsp3) is 0.579. The lowest BCUT2D eigenvalue weighted by Crippen LogP contribution is -2.31. The fourth-order valence-corrected chi connectivity index (χ4v) is 3.10. The quantitative estimate of drug-likeness (QED) is 0.665. The van der Waals surface area contributed by atoms with E-state index in [9.17, 15) is 4.79 Å². The molecule has 5 heteroatoms. The minimum absolute atomic E-state index is 0.0304. The Morgan fingerprint density at radius 3 is 2.79 bits per heavy atom. The highest BCUT2D eigenvalue weighted by Gasteiger charge is 2.30. The van der Waals surface area contributed by atoms with Crippen LogP contribution >= 0.6 is 11.6 Å². The molecular weight excluding hydrogens is 322 g/mol. The molecule has 132 valence electrons. The number of amides is 1. The number of nitrogens with one attached hydrogen (secondary N) is 1. The maximum absolute atomic E-state index is 12.4. The Bertz CT molecular complexity index is 573. The lowest BCUT2D eigenvalue weighted by Gasteiger charge is -2.23. The normalized spacial score (nSPS) is 17.0. The summed E-state index contributed by atoms with van der Waals surface area (Å²) in [4.78, 5) is 12.4. The number of halogens is 1. The van der Waals surface area contributed by atoms with Gasteiger partial charge in [-0.25, -0.2) is 0 Å². The van der Waals surface area contributed by atoms with Gasteiger partial charge >= 0.3 is 0 Å². The minimum Gasteiger partial charge on any atom is -0.351 e. The summed E-state index contributed by atoms with van der Waals surface area (Å²) in [6.45, 7) is 5.91. The third kappa shape index (κ3) is 5.23. The lowest BCUT2D eigenvalue weighted by molar-refractivity contribution is -0.114. The van der Waals surface area contributed by atoms with Gasteiger partial charge in [-0.15, -0.1) is 0 Å². The summed E-state index contributed by atoms with van der Waals surface area (Å²) in [5, 5.41) is 10.4. The van der Waals surface area contributed by atoms with Crippen LogP contribution in [0.15, 0.2) is 29.4 Å². The van der Waals surface area contributed by atoms with E-state index >= 15 is 0 Å². The number of carbonyl (C=O) groups excluding carboxylic acids is 1. The predicted octanol–water partition coefficient (Wildman–Crippen LogP) is 4.55. The van der Waals surface area contributed by atoms with Gasteiger partial charge in [0.25, 0.3) is 5.91 Å². The Morgan fingerprint density at radius 1 is 1.29 bits per heavy atom. The number of hydrazone groups is 1. The first-order chi connectivity index (χ1) is 11.7. The highest BCUT2D eigenvalue weighted by atomic mass is 35.5. The van der Waals surface area contributed by atoms with Crippen LogP contribution in [-0.4, -0.2) is 29.7 Å². The van der Waals surface area contributed by atoms with Gasteiger partial charge in [0, 0.05) is 24.5 Å². The number of rotatable bonds is 9. The van der Waals surface area contributed by atoms with Crippen LogP contribution in [0.1, 0.15) is 64.0 Å². The zero-order chi connectivity index (χ0) is 17.4. The molecule has 0 aromatic heterocycles. The average Bonchev–Trinajstić information content (AvgIpc) is 3.01. The molecule has 1 atom stereocenters. The summed E-state index contributed by atoms with van der Waals surface area (Å²) in [5.74, 6) is -0.0304. The molecule has 1 aliphatic heterocycles. The van der Waals surface area contributed by atoms with E-state index in [1.807, 2.05) is 18.2 Å². The Kier molecular flexibility index (Phi) is 7.57. The zero-order valence-electron chi connectivity index (χ0n) is 14.7. The molecular formula is C19H28ClN3O.